The van der Waals surface area contributed by atoms with Crippen LogP contribution < -0.4 is 20.3 Å². The number of carbonyl (C=O) groups is 1. The van der Waals surface area contributed by atoms with Gasteiger partial charge in [-0.2, -0.15) is 9.61 Å². The monoisotopic (exact) mass is 627 g/mol. The SMILES string of the molecule is Cc1nn2c(N(Cc3ccccc3)Cc3ccccc3)c(-c3ccccc3)c3nc2c1C(=O)NC[C@H](C)Oc1ncc(F)cc1CN3. The summed E-state index contributed by atoms with van der Waals surface area (Å²) in [6.07, 6.45) is 0.702. The summed E-state index contributed by atoms with van der Waals surface area (Å²) in [5.41, 5.74) is 5.76. The minimum absolute atomic E-state index is 0.177. The molecule has 1 atom stereocenters. The molecule has 9 nitrogen and oxygen atoms in total. The van der Waals surface area contributed by atoms with E-state index in [4.69, 9.17) is 14.8 Å². The topological polar surface area (TPSA) is 96.7 Å². The zero-order valence-corrected chi connectivity index (χ0v) is 26.2. The van der Waals surface area contributed by atoms with Crippen molar-refractivity contribution in [3.63, 3.8) is 0 Å². The Morgan fingerprint density at radius 3 is 2.21 bits per heavy atom. The Morgan fingerprint density at radius 2 is 1.55 bits per heavy atom. The molecule has 7 rings (SSSR count). The molecule has 10 heteroatoms. The standard InChI is InChI=1S/C37H34FN7O2/c1-24-19-40-35(46)31-25(2)43-45-34(31)42-33(39-20-29-18-30(38)21-41-36(29)47-24)32(28-16-10-5-11-17-28)37(45)44(22-26-12-6-3-7-13-26)23-27-14-8-4-9-15-27/h3-18,21,24H,19-20,22-23H2,1-2H3,(H,39,42)(H,40,46)/t24-/m0/s1. The summed E-state index contributed by atoms with van der Waals surface area (Å²) in [6.45, 7) is 5.14. The van der Waals surface area contributed by atoms with Crippen LogP contribution in [-0.2, 0) is 19.6 Å². The third-order valence-electron chi connectivity index (χ3n) is 8.14. The normalized spacial score (nSPS) is 14.6. The lowest BCUT2D eigenvalue weighted by atomic mass is 10.0. The molecular formula is C37H34FN7O2. The van der Waals surface area contributed by atoms with Gasteiger partial charge in [0.1, 0.15) is 29.1 Å². The van der Waals surface area contributed by atoms with E-state index in [2.05, 4.69) is 44.8 Å². The maximum Gasteiger partial charge on any atom is 0.257 e. The van der Waals surface area contributed by atoms with E-state index in [-0.39, 0.29) is 24.9 Å². The Labute approximate surface area is 272 Å². The number of rotatable bonds is 6. The first-order valence-electron chi connectivity index (χ1n) is 15.6. The van der Waals surface area contributed by atoms with Gasteiger partial charge in [-0.15, -0.1) is 0 Å². The number of nitrogens with one attached hydrogen (secondary N) is 2. The number of carbonyl (C=O) groups excluding carboxylic acids is 1. The first kappa shape index (κ1) is 29.9. The minimum atomic E-state index is -0.475. The van der Waals surface area contributed by atoms with Crippen LogP contribution in [0, 0.1) is 12.7 Å². The summed E-state index contributed by atoms with van der Waals surface area (Å²) in [5, 5.41) is 11.4. The number of hydrogen-bond acceptors (Lipinski definition) is 7. The van der Waals surface area contributed by atoms with Crippen LogP contribution in [0.3, 0.4) is 0 Å². The van der Waals surface area contributed by atoms with Gasteiger partial charge in [-0.25, -0.2) is 14.4 Å². The van der Waals surface area contributed by atoms with E-state index in [1.807, 2.05) is 80.6 Å². The lowest BCUT2D eigenvalue weighted by Crippen LogP contribution is -2.34. The molecule has 0 saturated heterocycles. The number of nitrogens with zero attached hydrogens (tertiary/aromatic N) is 5. The van der Waals surface area contributed by atoms with Crippen molar-refractivity contribution in [3.05, 3.63) is 137 Å². The first-order valence-corrected chi connectivity index (χ1v) is 15.6. The molecular weight excluding hydrogens is 593 g/mol. The third-order valence-corrected chi connectivity index (χ3v) is 8.14. The van der Waals surface area contributed by atoms with Crippen molar-refractivity contribution in [2.45, 2.75) is 39.6 Å². The molecule has 0 aliphatic carbocycles. The predicted molar refractivity (Wildman–Crippen MR) is 180 cm³/mol. The summed E-state index contributed by atoms with van der Waals surface area (Å²) in [5.74, 6) is 0.778. The first-order chi connectivity index (χ1) is 22.9. The van der Waals surface area contributed by atoms with E-state index in [0.29, 0.717) is 41.4 Å². The molecule has 47 heavy (non-hydrogen) atoms. The summed E-state index contributed by atoms with van der Waals surface area (Å²) in [6, 6.07) is 31.9. The Balaban J connectivity index is 1.51. The van der Waals surface area contributed by atoms with E-state index in [1.165, 1.54) is 6.07 Å². The maximum absolute atomic E-state index is 14.5. The van der Waals surface area contributed by atoms with Crippen molar-refractivity contribution < 1.29 is 13.9 Å². The lowest BCUT2D eigenvalue weighted by Gasteiger charge is -2.29. The number of benzene rings is 3. The van der Waals surface area contributed by atoms with Crippen molar-refractivity contribution in [2.24, 2.45) is 0 Å². The molecule has 0 fully saturated rings. The summed E-state index contributed by atoms with van der Waals surface area (Å²) >= 11 is 0. The van der Waals surface area contributed by atoms with Gasteiger partial charge in [0, 0.05) is 25.2 Å². The molecule has 0 spiro atoms. The highest BCUT2D eigenvalue weighted by Crippen LogP contribution is 2.40. The highest BCUT2D eigenvalue weighted by Gasteiger charge is 2.29. The number of anilines is 2. The van der Waals surface area contributed by atoms with E-state index in [1.54, 1.807) is 4.52 Å². The second kappa shape index (κ2) is 12.9. The van der Waals surface area contributed by atoms with Gasteiger partial charge in [0.25, 0.3) is 5.91 Å². The molecule has 3 aromatic heterocycles. The molecule has 2 bridgehead atoms. The largest absolute Gasteiger partial charge is 0.473 e. The van der Waals surface area contributed by atoms with Gasteiger partial charge in [0.05, 0.1) is 24.0 Å². The molecule has 0 radical (unpaired) electrons. The van der Waals surface area contributed by atoms with E-state index in [0.717, 1.165) is 34.3 Å². The zero-order chi connectivity index (χ0) is 32.3. The van der Waals surface area contributed by atoms with E-state index < -0.39 is 11.9 Å². The third kappa shape index (κ3) is 6.22. The Bertz CT molecular complexity index is 1990. The van der Waals surface area contributed by atoms with E-state index >= 15 is 0 Å². The molecule has 4 heterocycles. The van der Waals surface area contributed by atoms with Crippen LogP contribution in [0.2, 0.25) is 0 Å². The number of amides is 1. The van der Waals surface area contributed by atoms with Crippen LogP contribution in [0.15, 0.2) is 103 Å². The molecule has 236 valence electrons. The molecule has 0 unspecified atom stereocenters. The van der Waals surface area contributed by atoms with Crippen LogP contribution in [-0.4, -0.2) is 38.1 Å². The minimum Gasteiger partial charge on any atom is -0.473 e. The van der Waals surface area contributed by atoms with Crippen molar-refractivity contribution in [1.82, 2.24) is 24.9 Å². The Hall–Kier alpha value is -5.77. The molecule has 0 saturated carbocycles. The zero-order valence-electron chi connectivity index (χ0n) is 26.2. The molecule has 1 aliphatic heterocycles. The maximum atomic E-state index is 14.5. The molecule has 1 aliphatic rings. The number of pyridine rings is 1. The summed E-state index contributed by atoms with van der Waals surface area (Å²) in [7, 11) is 0. The second-order valence-corrected chi connectivity index (χ2v) is 11.7. The van der Waals surface area contributed by atoms with Crippen LogP contribution >= 0.6 is 0 Å². The van der Waals surface area contributed by atoms with Gasteiger partial charge in [-0.1, -0.05) is 91.0 Å². The fraction of sp³-hybridized carbons (Fsp3) is 0.189. The van der Waals surface area contributed by atoms with Crippen molar-refractivity contribution in [3.8, 4) is 17.0 Å². The molecule has 6 aromatic rings. The quantitative estimate of drug-likeness (QED) is 0.216. The highest BCUT2D eigenvalue weighted by atomic mass is 19.1. The second-order valence-electron chi connectivity index (χ2n) is 11.7. The molecule has 1 amide bonds. The van der Waals surface area contributed by atoms with Crippen molar-refractivity contribution >= 4 is 23.2 Å². The van der Waals surface area contributed by atoms with Gasteiger partial charge in [0.2, 0.25) is 5.88 Å². The van der Waals surface area contributed by atoms with E-state index in [9.17, 15) is 9.18 Å². The van der Waals surface area contributed by atoms with Gasteiger partial charge in [-0.3, -0.25) is 4.79 Å². The number of halogens is 1. The van der Waals surface area contributed by atoms with Crippen LogP contribution in [0.1, 0.15) is 39.7 Å². The van der Waals surface area contributed by atoms with Gasteiger partial charge < -0.3 is 20.3 Å². The number of hydrogen-bond donors (Lipinski definition) is 2. The smallest absolute Gasteiger partial charge is 0.257 e. The number of fused-ring (bicyclic) bond motifs is 2. The van der Waals surface area contributed by atoms with Gasteiger partial charge in [0.15, 0.2) is 5.65 Å². The number of ether oxygens (including phenoxy) is 1. The fourth-order valence-electron chi connectivity index (χ4n) is 5.95. The number of aryl methyl sites for hydroxylation is 1. The van der Waals surface area contributed by atoms with Gasteiger partial charge in [-0.05, 0) is 36.6 Å². The van der Waals surface area contributed by atoms with Crippen LogP contribution in [0.4, 0.5) is 16.0 Å². The predicted octanol–water partition coefficient (Wildman–Crippen LogP) is 6.57. The molecule has 3 aromatic carbocycles. The van der Waals surface area contributed by atoms with Crippen LogP contribution in [0.25, 0.3) is 16.8 Å². The summed E-state index contributed by atoms with van der Waals surface area (Å²) < 4.78 is 22.4. The van der Waals surface area contributed by atoms with Gasteiger partial charge >= 0.3 is 0 Å². The average Bonchev–Trinajstić information content (AvgIpc) is 3.42. The van der Waals surface area contributed by atoms with Crippen molar-refractivity contribution in [2.75, 3.05) is 16.8 Å². The van der Waals surface area contributed by atoms with Crippen LogP contribution in [0.5, 0.6) is 5.88 Å². The fourth-order valence-corrected chi connectivity index (χ4v) is 5.95. The Morgan fingerprint density at radius 1 is 0.915 bits per heavy atom. The Kier molecular flexibility index (Phi) is 8.22. The number of aromatic nitrogens is 4. The summed E-state index contributed by atoms with van der Waals surface area (Å²) in [4.78, 5) is 25.4. The molecule has 2 N–H and O–H groups in total. The van der Waals surface area contributed by atoms with Crippen molar-refractivity contribution in [1.29, 1.82) is 0 Å². The highest BCUT2D eigenvalue weighted by molar-refractivity contribution is 6.02. The average molecular weight is 628 g/mol. The lowest BCUT2D eigenvalue weighted by molar-refractivity contribution is 0.0931.